The fourth-order valence-electron chi connectivity index (χ4n) is 3.14. The van der Waals surface area contributed by atoms with Crippen molar-refractivity contribution in [1.29, 1.82) is 0 Å². The van der Waals surface area contributed by atoms with Crippen molar-refractivity contribution >= 4 is 0 Å². The van der Waals surface area contributed by atoms with E-state index >= 15 is 0 Å². The Hall–Kier alpha value is -0.380. The monoisotopic (exact) mass is 281 g/mol. The predicted octanol–water partition coefficient (Wildman–Crippen LogP) is 3.30. The highest BCUT2D eigenvalue weighted by Gasteiger charge is 2.38. The van der Waals surface area contributed by atoms with Gasteiger partial charge in [0.1, 0.15) is 0 Å². The highest BCUT2D eigenvalue weighted by Crippen LogP contribution is 2.37. The molecule has 2 rings (SSSR count). The zero-order valence-electron chi connectivity index (χ0n) is 13.4. The summed E-state index contributed by atoms with van der Waals surface area (Å²) >= 11 is 0. The first-order valence-electron chi connectivity index (χ1n) is 8.13. The van der Waals surface area contributed by atoms with Crippen LogP contribution in [0.2, 0.25) is 0 Å². The zero-order valence-corrected chi connectivity index (χ0v) is 13.4. The van der Waals surface area contributed by atoms with Crippen LogP contribution in [0, 0.1) is 5.92 Å². The summed E-state index contributed by atoms with van der Waals surface area (Å²) in [4.78, 5) is 0. The molecular weight excluding hydrogens is 250 g/mol. The van der Waals surface area contributed by atoms with E-state index < -0.39 is 0 Å². The summed E-state index contributed by atoms with van der Waals surface area (Å²) in [6.45, 7) is 10.3. The Balaban J connectivity index is 1.72. The van der Waals surface area contributed by atoms with Gasteiger partial charge in [-0.05, 0) is 65.3 Å². The maximum absolute atomic E-state index is 6.08. The molecule has 0 bridgehead atoms. The van der Waals surface area contributed by atoms with E-state index in [0.717, 1.165) is 45.6 Å². The Bertz CT molecular complexity index is 308. The minimum atomic E-state index is 0.120. The molecule has 0 aromatic heterocycles. The van der Waals surface area contributed by atoms with E-state index in [0.29, 0.717) is 5.92 Å². The van der Waals surface area contributed by atoms with Crippen molar-refractivity contribution in [2.45, 2.75) is 64.0 Å². The molecular formula is C17H31NO2. The molecule has 0 aliphatic carbocycles. The van der Waals surface area contributed by atoms with Crippen LogP contribution in [-0.2, 0) is 9.47 Å². The Morgan fingerprint density at radius 2 is 1.95 bits per heavy atom. The van der Waals surface area contributed by atoms with E-state index in [1.54, 1.807) is 0 Å². The second-order valence-electron chi connectivity index (χ2n) is 7.29. The molecule has 0 aromatic rings. The number of ether oxygens (including phenoxy) is 2. The van der Waals surface area contributed by atoms with Gasteiger partial charge in [-0.1, -0.05) is 12.2 Å². The summed E-state index contributed by atoms with van der Waals surface area (Å²) in [6.07, 6.45) is 10.4. The van der Waals surface area contributed by atoms with Crippen molar-refractivity contribution < 1.29 is 9.47 Å². The molecule has 1 atom stereocenters. The number of allylic oxidation sites excluding steroid dienone is 1. The van der Waals surface area contributed by atoms with Gasteiger partial charge in [0.15, 0.2) is 0 Å². The van der Waals surface area contributed by atoms with E-state index in [-0.39, 0.29) is 11.1 Å². The SMILES string of the molecule is CC(C)(C)NCC/C=C/C1CCOC2(CCOCC2)C1. The molecule has 0 radical (unpaired) electrons. The zero-order chi connectivity index (χ0) is 14.5. The lowest BCUT2D eigenvalue weighted by Crippen LogP contribution is -2.44. The minimum absolute atomic E-state index is 0.120. The van der Waals surface area contributed by atoms with Gasteiger partial charge in [-0.2, -0.15) is 0 Å². The highest BCUT2D eigenvalue weighted by molar-refractivity contribution is 4.97. The fraction of sp³-hybridized carbons (Fsp3) is 0.882. The van der Waals surface area contributed by atoms with Crippen molar-refractivity contribution in [1.82, 2.24) is 5.32 Å². The topological polar surface area (TPSA) is 30.5 Å². The molecule has 3 nitrogen and oxygen atoms in total. The molecule has 1 unspecified atom stereocenters. The summed E-state index contributed by atoms with van der Waals surface area (Å²) in [5, 5.41) is 3.52. The third-order valence-electron chi connectivity index (χ3n) is 4.31. The van der Waals surface area contributed by atoms with E-state index in [2.05, 4.69) is 38.2 Å². The predicted molar refractivity (Wildman–Crippen MR) is 83.0 cm³/mol. The van der Waals surface area contributed by atoms with Gasteiger partial charge in [0.2, 0.25) is 0 Å². The highest BCUT2D eigenvalue weighted by atomic mass is 16.5. The Kier molecular flexibility index (Phi) is 5.65. The quantitative estimate of drug-likeness (QED) is 0.633. The van der Waals surface area contributed by atoms with Crippen LogP contribution in [0.5, 0.6) is 0 Å². The molecule has 0 amide bonds. The maximum Gasteiger partial charge on any atom is 0.0732 e. The molecule has 20 heavy (non-hydrogen) atoms. The van der Waals surface area contributed by atoms with E-state index in [1.807, 2.05) is 0 Å². The molecule has 2 aliphatic rings. The van der Waals surface area contributed by atoms with Crippen LogP contribution in [0.1, 0.15) is 52.9 Å². The van der Waals surface area contributed by atoms with Gasteiger partial charge in [-0.25, -0.2) is 0 Å². The lowest BCUT2D eigenvalue weighted by atomic mass is 9.80. The van der Waals surface area contributed by atoms with E-state index in [9.17, 15) is 0 Å². The second kappa shape index (κ2) is 7.06. The van der Waals surface area contributed by atoms with E-state index in [1.165, 1.54) is 12.8 Å². The van der Waals surface area contributed by atoms with Crippen molar-refractivity contribution in [3.8, 4) is 0 Å². The van der Waals surface area contributed by atoms with Gasteiger partial charge >= 0.3 is 0 Å². The smallest absolute Gasteiger partial charge is 0.0732 e. The van der Waals surface area contributed by atoms with Gasteiger partial charge < -0.3 is 14.8 Å². The molecule has 3 heteroatoms. The number of nitrogens with one attached hydrogen (secondary N) is 1. The molecule has 2 aliphatic heterocycles. The number of hydrogen-bond donors (Lipinski definition) is 1. The summed E-state index contributed by atoms with van der Waals surface area (Å²) in [7, 11) is 0. The lowest BCUT2D eigenvalue weighted by molar-refractivity contribution is -0.141. The number of rotatable bonds is 4. The third-order valence-corrected chi connectivity index (χ3v) is 4.31. The van der Waals surface area contributed by atoms with Gasteiger partial charge in [0.05, 0.1) is 5.60 Å². The fourth-order valence-corrected chi connectivity index (χ4v) is 3.14. The van der Waals surface area contributed by atoms with Crippen molar-refractivity contribution in [2.75, 3.05) is 26.4 Å². The third kappa shape index (κ3) is 5.19. The van der Waals surface area contributed by atoms with Crippen molar-refractivity contribution in [3.63, 3.8) is 0 Å². The molecule has 2 saturated heterocycles. The van der Waals surface area contributed by atoms with Crippen LogP contribution < -0.4 is 5.32 Å². The standard InChI is InChI=1S/C17H31NO2/c1-16(2,3)18-10-5-4-6-15-7-11-20-17(14-15)8-12-19-13-9-17/h4,6,15,18H,5,7-14H2,1-3H3/b6-4+. The van der Waals surface area contributed by atoms with Gasteiger partial charge in [0.25, 0.3) is 0 Å². The van der Waals surface area contributed by atoms with Crippen LogP contribution in [-0.4, -0.2) is 37.5 Å². The summed E-state index contributed by atoms with van der Waals surface area (Å²) in [5.41, 5.74) is 0.341. The van der Waals surface area contributed by atoms with Gasteiger partial charge in [-0.15, -0.1) is 0 Å². The van der Waals surface area contributed by atoms with Gasteiger partial charge in [-0.3, -0.25) is 0 Å². The largest absolute Gasteiger partial charge is 0.381 e. The minimum Gasteiger partial charge on any atom is -0.381 e. The molecule has 1 spiro atoms. The van der Waals surface area contributed by atoms with Crippen LogP contribution in [0.15, 0.2) is 12.2 Å². The summed E-state index contributed by atoms with van der Waals surface area (Å²) in [5.74, 6) is 0.691. The maximum atomic E-state index is 6.08. The van der Waals surface area contributed by atoms with Crippen LogP contribution in [0.3, 0.4) is 0 Å². The van der Waals surface area contributed by atoms with Crippen molar-refractivity contribution in [3.05, 3.63) is 12.2 Å². The molecule has 2 heterocycles. The van der Waals surface area contributed by atoms with Crippen molar-refractivity contribution in [2.24, 2.45) is 5.92 Å². The second-order valence-corrected chi connectivity index (χ2v) is 7.29. The molecule has 0 aromatic carbocycles. The van der Waals surface area contributed by atoms with Gasteiger partial charge in [0, 0.05) is 25.4 Å². The van der Waals surface area contributed by atoms with Crippen LogP contribution in [0.25, 0.3) is 0 Å². The number of hydrogen-bond acceptors (Lipinski definition) is 3. The van der Waals surface area contributed by atoms with E-state index in [4.69, 9.17) is 9.47 Å². The average molecular weight is 281 g/mol. The van der Waals surface area contributed by atoms with Crippen LogP contribution >= 0.6 is 0 Å². The Morgan fingerprint density at radius 3 is 2.65 bits per heavy atom. The first-order valence-corrected chi connectivity index (χ1v) is 8.13. The summed E-state index contributed by atoms with van der Waals surface area (Å²) < 4.78 is 11.6. The Labute approximate surface area is 124 Å². The molecule has 1 N–H and O–H groups in total. The molecule has 2 fully saturated rings. The molecule has 0 saturated carbocycles. The lowest BCUT2D eigenvalue weighted by Gasteiger charge is -2.42. The normalized spacial score (nSPS) is 27.2. The van der Waals surface area contributed by atoms with Crippen LogP contribution in [0.4, 0.5) is 0 Å². The average Bonchev–Trinajstić information content (AvgIpc) is 2.38. The summed E-state index contributed by atoms with van der Waals surface area (Å²) in [6, 6.07) is 0. The Morgan fingerprint density at radius 1 is 1.20 bits per heavy atom. The first-order chi connectivity index (χ1) is 9.49. The molecule has 116 valence electrons. The first kappa shape index (κ1) is 16.0.